The van der Waals surface area contributed by atoms with Crippen molar-refractivity contribution in [1.29, 1.82) is 0 Å². The van der Waals surface area contributed by atoms with Crippen LogP contribution in [-0.2, 0) is 6.42 Å². The Morgan fingerprint density at radius 2 is 1.81 bits per heavy atom. The number of hydrogen-bond donors (Lipinski definition) is 0. The van der Waals surface area contributed by atoms with Gasteiger partial charge in [-0.05, 0) is 36.2 Å². The van der Waals surface area contributed by atoms with E-state index in [9.17, 15) is 0 Å². The van der Waals surface area contributed by atoms with Gasteiger partial charge < -0.3 is 4.90 Å². The zero-order chi connectivity index (χ0) is 14.5. The molecule has 2 aromatic heterocycles. The van der Waals surface area contributed by atoms with Gasteiger partial charge in [-0.1, -0.05) is 18.2 Å². The molecule has 0 saturated carbocycles. The Labute approximate surface area is 124 Å². The Morgan fingerprint density at radius 1 is 1.05 bits per heavy atom. The maximum atomic E-state index is 4.43. The number of rotatable bonds is 5. The second kappa shape index (κ2) is 6.22. The lowest BCUT2D eigenvalue weighted by Crippen LogP contribution is -2.19. The van der Waals surface area contributed by atoms with E-state index in [4.69, 9.17) is 0 Å². The molecule has 0 unspecified atom stereocenters. The summed E-state index contributed by atoms with van der Waals surface area (Å²) < 4.78 is 1.90. The van der Waals surface area contributed by atoms with Gasteiger partial charge in [-0.25, -0.2) is 4.68 Å². The molecule has 106 valence electrons. The summed E-state index contributed by atoms with van der Waals surface area (Å²) in [4.78, 5) is 6.26. The molecular weight excluding hydrogens is 260 g/mol. The van der Waals surface area contributed by atoms with Gasteiger partial charge in [0.2, 0.25) is 0 Å². The summed E-state index contributed by atoms with van der Waals surface area (Å²) in [6, 6.07) is 14.3. The first-order valence-corrected chi connectivity index (χ1v) is 7.03. The lowest BCUT2D eigenvalue weighted by Gasteiger charge is -2.16. The Balaban J connectivity index is 1.66. The summed E-state index contributed by atoms with van der Waals surface area (Å²) >= 11 is 0. The van der Waals surface area contributed by atoms with Crippen molar-refractivity contribution < 1.29 is 0 Å². The van der Waals surface area contributed by atoms with Crippen LogP contribution in [0.15, 0.2) is 67.3 Å². The Morgan fingerprint density at radius 3 is 2.57 bits per heavy atom. The zero-order valence-corrected chi connectivity index (χ0v) is 12.1. The van der Waals surface area contributed by atoms with Crippen LogP contribution in [0.3, 0.4) is 0 Å². The minimum Gasteiger partial charge on any atom is -0.372 e. The molecule has 4 nitrogen and oxygen atoms in total. The number of nitrogens with zero attached hydrogens (tertiary/aromatic N) is 4. The summed E-state index contributed by atoms with van der Waals surface area (Å²) in [7, 11) is 2.09. The number of aromatic nitrogens is 3. The summed E-state index contributed by atoms with van der Waals surface area (Å²) in [6.45, 7) is 0.949. The minimum absolute atomic E-state index is 0.949. The quantitative estimate of drug-likeness (QED) is 0.719. The first-order chi connectivity index (χ1) is 10.3. The molecule has 0 aliphatic rings. The van der Waals surface area contributed by atoms with Crippen molar-refractivity contribution in [2.24, 2.45) is 0 Å². The predicted molar refractivity (Wildman–Crippen MR) is 84.8 cm³/mol. The van der Waals surface area contributed by atoms with Gasteiger partial charge in [0, 0.05) is 26.0 Å². The lowest BCUT2D eigenvalue weighted by atomic mass is 10.2. The molecule has 0 N–H and O–H groups in total. The van der Waals surface area contributed by atoms with Crippen molar-refractivity contribution in [2.75, 3.05) is 18.5 Å². The monoisotopic (exact) mass is 278 g/mol. The van der Waals surface area contributed by atoms with E-state index in [1.165, 1.54) is 5.56 Å². The van der Waals surface area contributed by atoms with Crippen LogP contribution in [0.25, 0.3) is 5.69 Å². The molecule has 21 heavy (non-hydrogen) atoms. The largest absolute Gasteiger partial charge is 0.372 e. The molecule has 0 amide bonds. The number of anilines is 1. The van der Waals surface area contributed by atoms with Gasteiger partial charge in [0.15, 0.2) is 0 Å². The van der Waals surface area contributed by atoms with Crippen LogP contribution in [0.4, 0.5) is 5.69 Å². The molecule has 0 radical (unpaired) electrons. The van der Waals surface area contributed by atoms with E-state index in [-0.39, 0.29) is 0 Å². The van der Waals surface area contributed by atoms with E-state index >= 15 is 0 Å². The van der Waals surface area contributed by atoms with Crippen molar-refractivity contribution in [1.82, 2.24) is 14.8 Å². The lowest BCUT2D eigenvalue weighted by molar-refractivity contribution is 0.869. The molecule has 0 spiro atoms. The highest BCUT2D eigenvalue weighted by molar-refractivity contribution is 5.44. The number of para-hydroxylation sites is 1. The third-order valence-corrected chi connectivity index (χ3v) is 3.52. The van der Waals surface area contributed by atoms with Gasteiger partial charge in [0.05, 0.1) is 23.8 Å². The third-order valence-electron chi connectivity index (χ3n) is 3.52. The molecule has 3 rings (SSSR count). The fourth-order valence-corrected chi connectivity index (χ4v) is 2.21. The standard InChI is InChI=1S/C17H18N4/c1-20(12-9-15-7-10-18-11-8-15)17-13-19-21(14-17)16-5-3-2-4-6-16/h2-8,10-11,13-14H,9,12H2,1H3. The third kappa shape index (κ3) is 3.28. The summed E-state index contributed by atoms with van der Waals surface area (Å²) in [5, 5.41) is 4.43. The number of pyridine rings is 1. The zero-order valence-electron chi connectivity index (χ0n) is 12.1. The number of benzene rings is 1. The number of likely N-dealkylation sites (N-methyl/N-ethyl adjacent to an activating group) is 1. The smallest absolute Gasteiger partial charge is 0.0754 e. The second-order valence-corrected chi connectivity index (χ2v) is 5.01. The average Bonchev–Trinajstić information content (AvgIpc) is 3.04. The molecular formula is C17H18N4. The fraction of sp³-hybridized carbons (Fsp3) is 0.176. The SMILES string of the molecule is CN(CCc1ccncc1)c1cnn(-c2ccccc2)c1. The molecule has 0 atom stereocenters. The highest BCUT2D eigenvalue weighted by Gasteiger charge is 2.05. The van der Waals surface area contributed by atoms with Crippen molar-refractivity contribution in [3.63, 3.8) is 0 Å². The van der Waals surface area contributed by atoms with Gasteiger partial charge in [-0.2, -0.15) is 5.10 Å². The van der Waals surface area contributed by atoms with E-state index < -0.39 is 0 Å². The molecule has 0 saturated heterocycles. The highest BCUT2D eigenvalue weighted by atomic mass is 15.3. The topological polar surface area (TPSA) is 34.0 Å². The Bertz CT molecular complexity index is 676. The molecule has 1 aromatic carbocycles. The first-order valence-electron chi connectivity index (χ1n) is 7.03. The maximum Gasteiger partial charge on any atom is 0.0754 e. The minimum atomic E-state index is 0.949. The normalized spacial score (nSPS) is 10.5. The van der Waals surface area contributed by atoms with Crippen LogP contribution in [-0.4, -0.2) is 28.4 Å². The van der Waals surface area contributed by atoms with Crippen molar-refractivity contribution in [3.05, 3.63) is 72.8 Å². The van der Waals surface area contributed by atoms with E-state index in [0.29, 0.717) is 0 Å². The Kier molecular flexibility index (Phi) is 3.96. The van der Waals surface area contributed by atoms with Gasteiger partial charge in [0.25, 0.3) is 0 Å². The molecule has 4 heteroatoms. The summed E-state index contributed by atoms with van der Waals surface area (Å²) in [6.07, 6.45) is 8.63. The highest BCUT2D eigenvalue weighted by Crippen LogP contribution is 2.15. The molecule has 0 fully saturated rings. The first kappa shape index (κ1) is 13.4. The molecule has 0 aliphatic carbocycles. The van der Waals surface area contributed by atoms with E-state index in [1.807, 2.05) is 53.6 Å². The number of hydrogen-bond acceptors (Lipinski definition) is 3. The fourth-order valence-electron chi connectivity index (χ4n) is 2.21. The molecule has 0 aliphatic heterocycles. The summed E-state index contributed by atoms with van der Waals surface area (Å²) in [5.41, 5.74) is 3.49. The van der Waals surface area contributed by atoms with Gasteiger partial charge >= 0.3 is 0 Å². The van der Waals surface area contributed by atoms with Crippen molar-refractivity contribution in [2.45, 2.75) is 6.42 Å². The Hall–Kier alpha value is -2.62. The van der Waals surface area contributed by atoms with E-state index in [0.717, 1.165) is 24.3 Å². The van der Waals surface area contributed by atoms with Crippen molar-refractivity contribution in [3.8, 4) is 5.69 Å². The van der Waals surface area contributed by atoms with Crippen molar-refractivity contribution >= 4 is 5.69 Å². The van der Waals surface area contributed by atoms with Crippen LogP contribution >= 0.6 is 0 Å². The molecule has 3 aromatic rings. The summed E-state index contributed by atoms with van der Waals surface area (Å²) in [5.74, 6) is 0. The van der Waals surface area contributed by atoms with Crippen LogP contribution in [0.2, 0.25) is 0 Å². The van der Waals surface area contributed by atoms with Gasteiger partial charge in [-0.15, -0.1) is 0 Å². The van der Waals surface area contributed by atoms with Crippen LogP contribution in [0, 0.1) is 0 Å². The van der Waals surface area contributed by atoms with Crippen LogP contribution < -0.4 is 4.90 Å². The molecule has 0 bridgehead atoms. The maximum absolute atomic E-state index is 4.43. The van der Waals surface area contributed by atoms with E-state index in [1.54, 1.807) is 0 Å². The van der Waals surface area contributed by atoms with Crippen LogP contribution in [0.1, 0.15) is 5.56 Å². The van der Waals surface area contributed by atoms with Gasteiger partial charge in [-0.3, -0.25) is 4.98 Å². The van der Waals surface area contributed by atoms with Crippen LogP contribution in [0.5, 0.6) is 0 Å². The predicted octanol–water partition coefficient (Wildman–Crippen LogP) is 2.95. The average molecular weight is 278 g/mol. The van der Waals surface area contributed by atoms with E-state index in [2.05, 4.69) is 40.4 Å². The second-order valence-electron chi connectivity index (χ2n) is 5.01. The molecule has 2 heterocycles. The van der Waals surface area contributed by atoms with Gasteiger partial charge in [0.1, 0.15) is 0 Å².